The number of aliphatic carboxylic acids is 1. The molecule has 1 aromatic heterocycles. The third kappa shape index (κ3) is 6.50. The second-order valence-electron chi connectivity index (χ2n) is 10.8. The van der Waals surface area contributed by atoms with Crippen LogP contribution in [0.25, 0.3) is 11.1 Å². The molecule has 0 saturated heterocycles. The van der Waals surface area contributed by atoms with Gasteiger partial charge in [0.2, 0.25) is 0 Å². The van der Waals surface area contributed by atoms with Gasteiger partial charge in [0.1, 0.15) is 49.5 Å². The van der Waals surface area contributed by atoms with Gasteiger partial charge in [0.25, 0.3) is 0 Å². The van der Waals surface area contributed by atoms with E-state index in [1.54, 1.807) is 31.3 Å². The van der Waals surface area contributed by atoms with Gasteiger partial charge in [-0.2, -0.15) is 5.26 Å². The first-order chi connectivity index (χ1) is 21.8. The Balaban J connectivity index is 1.28. The van der Waals surface area contributed by atoms with Crippen LogP contribution in [0.2, 0.25) is 10.0 Å². The molecule has 9 nitrogen and oxygen atoms in total. The lowest BCUT2D eigenvalue weighted by atomic mass is 9.96. The number of nitrogens with one attached hydrogen (secondary N) is 1. The molecular formula is C34H29Cl2N3O6. The lowest BCUT2D eigenvalue weighted by Gasteiger charge is -2.22. The van der Waals surface area contributed by atoms with E-state index in [-0.39, 0.29) is 19.3 Å². The van der Waals surface area contributed by atoms with Gasteiger partial charge in [-0.05, 0) is 60.7 Å². The maximum absolute atomic E-state index is 11.4. The highest BCUT2D eigenvalue weighted by Gasteiger charge is 2.29. The molecule has 0 amide bonds. The minimum Gasteiger partial charge on any atom is -0.488 e. The highest BCUT2D eigenvalue weighted by Crippen LogP contribution is 2.47. The summed E-state index contributed by atoms with van der Waals surface area (Å²) in [4.78, 5) is 15.5. The van der Waals surface area contributed by atoms with Gasteiger partial charge in [-0.3, -0.25) is 9.78 Å². The molecule has 230 valence electrons. The van der Waals surface area contributed by atoms with Crippen LogP contribution in [0.4, 0.5) is 0 Å². The van der Waals surface area contributed by atoms with Gasteiger partial charge in [-0.1, -0.05) is 41.4 Å². The van der Waals surface area contributed by atoms with Crippen molar-refractivity contribution in [2.75, 3.05) is 13.2 Å². The molecule has 0 bridgehead atoms. The van der Waals surface area contributed by atoms with E-state index < -0.39 is 12.0 Å². The number of rotatable bonds is 10. The molecule has 0 saturated carbocycles. The molecule has 0 spiro atoms. The van der Waals surface area contributed by atoms with Gasteiger partial charge in [0.15, 0.2) is 11.5 Å². The molecule has 45 heavy (non-hydrogen) atoms. The number of aromatic nitrogens is 1. The Bertz CT molecular complexity index is 1810. The summed E-state index contributed by atoms with van der Waals surface area (Å²) in [5.41, 5.74) is 5.85. The van der Waals surface area contributed by atoms with E-state index in [2.05, 4.69) is 22.4 Å². The maximum atomic E-state index is 11.4. The zero-order chi connectivity index (χ0) is 31.5. The summed E-state index contributed by atoms with van der Waals surface area (Å²) in [6.45, 7) is 2.83. The Morgan fingerprint density at radius 1 is 1.13 bits per heavy atom. The SMILES string of the molecule is C[C@H](NCc1cc(Cl)c(O[C@H]2CCc3c(-c4ccc5c(c4Cl)OCCO5)cccc32)cc1OCc1cncc(C#N)c1)C(=O)O. The molecule has 0 fully saturated rings. The summed E-state index contributed by atoms with van der Waals surface area (Å²) in [6, 6.07) is 16.4. The number of carboxylic acid groups (broad SMARTS) is 1. The van der Waals surface area contributed by atoms with Gasteiger partial charge in [-0.15, -0.1) is 0 Å². The van der Waals surface area contributed by atoms with Crippen LogP contribution in [0.1, 0.15) is 47.3 Å². The summed E-state index contributed by atoms with van der Waals surface area (Å²) >= 11 is 13.6. The molecule has 1 aliphatic carbocycles. The standard InChI is InChI=1S/C34H29Cl2N3O6/c1-19(34(40)41)39-17-22-12-27(35)31(13-30(22)44-18-21-11-20(14-37)15-38-16-21)45-28-7-5-24-23(3-2-4-25(24)28)26-6-8-29-33(32(26)36)43-10-9-42-29/h2-4,6,8,11-13,15-16,19,28,39H,5,7,9-10,17-18H2,1H3,(H,40,41)/t19-,28-/m0/s1. The number of ether oxygens (including phenoxy) is 4. The van der Waals surface area contributed by atoms with Crippen molar-refractivity contribution in [2.24, 2.45) is 0 Å². The predicted molar refractivity (Wildman–Crippen MR) is 168 cm³/mol. The topological polar surface area (TPSA) is 123 Å². The van der Waals surface area contributed by atoms with Crippen molar-refractivity contribution in [3.8, 4) is 40.2 Å². The van der Waals surface area contributed by atoms with Gasteiger partial charge in [0, 0.05) is 41.7 Å². The van der Waals surface area contributed by atoms with Crippen LogP contribution < -0.4 is 24.3 Å². The van der Waals surface area contributed by atoms with Crippen LogP contribution in [-0.2, 0) is 24.4 Å². The molecule has 1 aliphatic heterocycles. The largest absolute Gasteiger partial charge is 0.488 e. The lowest BCUT2D eigenvalue weighted by molar-refractivity contribution is -0.139. The molecule has 6 rings (SSSR count). The van der Waals surface area contributed by atoms with Crippen molar-refractivity contribution in [2.45, 2.75) is 45.1 Å². The van der Waals surface area contributed by atoms with Crippen LogP contribution >= 0.6 is 23.2 Å². The number of fused-ring (bicyclic) bond motifs is 2. The normalized spacial score (nSPS) is 15.6. The van der Waals surface area contributed by atoms with Crippen molar-refractivity contribution >= 4 is 29.2 Å². The number of hydrogen-bond donors (Lipinski definition) is 2. The zero-order valence-electron chi connectivity index (χ0n) is 24.3. The number of pyridine rings is 1. The molecule has 2 atom stereocenters. The van der Waals surface area contributed by atoms with Crippen molar-refractivity contribution in [1.82, 2.24) is 10.3 Å². The van der Waals surface area contributed by atoms with Crippen molar-refractivity contribution in [3.05, 3.63) is 98.8 Å². The van der Waals surface area contributed by atoms with Crippen LogP contribution in [0.3, 0.4) is 0 Å². The van der Waals surface area contributed by atoms with Crippen molar-refractivity contribution < 1.29 is 28.8 Å². The number of carbonyl (C=O) groups is 1. The number of hydrogen-bond acceptors (Lipinski definition) is 8. The van der Waals surface area contributed by atoms with Crippen molar-refractivity contribution in [3.63, 3.8) is 0 Å². The zero-order valence-corrected chi connectivity index (χ0v) is 25.8. The fourth-order valence-electron chi connectivity index (χ4n) is 5.51. The van der Waals surface area contributed by atoms with Crippen molar-refractivity contribution in [1.29, 1.82) is 5.26 Å². The lowest BCUT2D eigenvalue weighted by Crippen LogP contribution is -2.33. The van der Waals surface area contributed by atoms with E-state index in [0.29, 0.717) is 62.9 Å². The molecule has 11 heteroatoms. The van der Waals surface area contributed by atoms with E-state index in [1.807, 2.05) is 24.3 Å². The fraction of sp³-hybridized carbons (Fsp3) is 0.265. The number of nitrogens with zero attached hydrogens (tertiary/aromatic N) is 2. The Labute approximate surface area is 270 Å². The Morgan fingerprint density at radius 3 is 2.80 bits per heavy atom. The third-order valence-electron chi connectivity index (χ3n) is 7.83. The predicted octanol–water partition coefficient (Wildman–Crippen LogP) is 6.91. The van der Waals surface area contributed by atoms with E-state index in [0.717, 1.165) is 35.1 Å². The quantitative estimate of drug-likeness (QED) is 0.189. The molecule has 2 heterocycles. The molecule has 3 aromatic carbocycles. The Hall–Kier alpha value is -4.49. The fourth-order valence-corrected chi connectivity index (χ4v) is 6.06. The van der Waals surface area contributed by atoms with Crippen LogP contribution in [0.5, 0.6) is 23.0 Å². The van der Waals surface area contributed by atoms with Crippen LogP contribution in [0, 0.1) is 11.3 Å². The average molecular weight is 647 g/mol. The second-order valence-corrected chi connectivity index (χ2v) is 11.6. The van der Waals surface area contributed by atoms with E-state index in [9.17, 15) is 15.2 Å². The Morgan fingerprint density at radius 2 is 1.98 bits per heavy atom. The highest BCUT2D eigenvalue weighted by atomic mass is 35.5. The molecular weight excluding hydrogens is 617 g/mol. The molecule has 4 aromatic rings. The van der Waals surface area contributed by atoms with E-state index >= 15 is 0 Å². The number of nitriles is 1. The monoisotopic (exact) mass is 645 g/mol. The minimum absolute atomic E-state index is 0.136. The smallest absolute Gasteiger partial charge is 0.320 e. The first-order valence-electron chi connectivity index (χ1n) is 14.4. The first-order valence-corrected chi connectivity index (χ1v) is 15.2. The van der Waals surface area contributed by atoms with Gasteiger partial charge in [0.05, 0.1) is 15.6 Å². The number of carboxylic acids is 1. The summed E-state index contributed by atoms with van der Waals surface area (Å²) in [5, 5.41) is 22.4. The van der Waals surface area contributed by atoms with E-state index in [1.165, 1.54) is 6.20 Å². The van der Waals surface area contributed by atoms with Crippen LogP contribution in [-0.4, -0.2) is 35.3 Å². The van der Waals surface area contributed by atoms with Gasteiger partial charge in [-0.25, -0.2) is 0 Å². The van der Waals surface area contributed by atoms with Gasteiger partial charge >= 0.3 is 5.97 Å². The van der Waals surface area contributed by atoms with Crippen LogP contribution in [0.15, 0.2) is 60.9 Å². The average Bonchev–Trinajstić information content (AvgIpc) is 3.47. The summed E-state index contributed by atoms with van der Waals surface area (Å²) < 4.78 is 24.2. The molecule has 0 unspecified atom stereocenters. The summed E-state index contributed by atoms with van der Waals surface area (Å²) in [6.07, 6.45) is 4.34. The number of benzene rings is 3. The molecule has 2 aliphatic rings. The van der Waals surface area contributed by atoms with Gasteiger partial charge < -0.3 is 29.4 Å². The third-order valence-corrected chi connectivity index (χ3v) is 8.50. The minimum atomic E-state index is -0.972. The maximum Gasteiger partial charge on any atom is 0.320 e. The number of halogens is 2. The molecule has 0 radical (unpaired) electrons. The summed E-state index contributed by atoms with van der Waals surface area (Å²) in [7, 11) is 0. The van der Waals surface area contributed by atoms with E-state index in [4.69, 9.17) is 42.1 Å². The first kappa shape index (κ1) is 30.5. The second kappa shape index (κ2) is 13.2. The molecule has 2 N–H and O–H groups in total. The Kier molecular flexibility index (Phi) is 8.99. The highest BCUT2D eigenvalue weighted by molar-refractivity contribution is 6.35. The summed E-state index contributed by atoms with van der Waals surface area (Å²) in [5.74, 6) is 1.13.